The first-order valence-corrected chi connectivity index (χ1v) is 21.5. The first kappa shape index (κ1) is 37.0. The van der Waals surface area contributed by atoms with E-state index in [1.165, 1.54) is 25.7 Å². The van der Waals surface area contributed by atoms with Gasteiger partial charge in [-0.15, -0.1) is 11.3 Å². The molecule has 62 heavy (non-hydrogen) atoms. The second-order valence-electron chi connectivity index (χ2n) is 15.4. The molecule has 1 aliphatic heterocycles. The molecular formula is C57H38N4S. The van der Waals surface area contributed by atoms with Crippen LogP contribution in [0.2, 0.25) is 0 Å². The van der Waals surface area contributed by atoms with E-state index in [4.69, 9.17) is 9.97 Å². The molecule has 0 atom stereocenters. The summed E-state index contributed by atoms with van der Waals surface area (Å²) in [6, 6.07) is 73.5. The van der Waals surface area contributed by atoms with E-state index >= 15 is 0 Å². The third-order valence-electron chi connectivity index (χ3n) is 11.5. The number of allylic oxidation sites excluding steroid dienone is 1. The van der Waals surface area contributed by atoms with Gasteiger partial charge in [0.1, 0.15) is 0 Å². The highest BCUT2D eigenvalue weighted by Crippen LogP contribution is 2.41. The van der Waals surface area contributed by atoms with E-state index in [0.29, 0.717) is 11.5 Å². The largest absolute Gasteiger partial charge is 0.354 e. The second kappa shape index (κ2) is 15.9. The van der Waals surface area contributed by atoms with Gasteiger partial charge in [-0.25, -0.2) is 9.97 Å². The molecule has 0 radical (unpaired) electrons. The minimum Gasteiger partial charge on any atom is -0.354 e. The molecule has 0 fully saturated rings. The summed E-state index contributed by atoms with van der Waals surface area (Å²) in [4.78, 5) is 10.4. The van der Waals surface area contributed by atoms with Gasteiger partial charge in [0, 0.05) is 59.3 Å². The maximum absolute atomic E-state index is 9.53. The van der Waals surface area contributed by atoms with Crippen LogP contribution in [0.25, 0.3) is 88.2 Å². The van der Waals surface area contributed by atoms with Gasteiger partial charge in [0.2, 0.25) is 0 Å². The lowest BCUT2D eigenvalue weighted by atomic mass is 9.88. The SMILES string of the molecule is N=C(/C(=C1\NC(c2ccc(-c3nc(-c4ccccc4)cc(-c4cccc(-c5cccc6c5sc5ccccc56)c4)n3)cc2)=Cc2ccccc21)c1ccccc1)c1ccccc1. The minimum absolute atomic E-state index is 0.458. The molecule has 0 saturated carbocycles. The number of benzene rings is 8. The van der Waals surface area contributed by atoms with Gasteiger partial charge in [0.25, 0.3) is 0 Å². The topological polar surface area (TPSA) is 61.7 Å². The Labute approximate surface area is 364 Å². The van der Waals surface area contributed by atoms with Crippen molar-refractivity contribution >= 4 is 60.3 Å². The van der Waals surface area contributed by atoms with E-state index in [1.54, 1.807) is 0 Å². The lowest BCUT2D eigenvalue weighted by Gasteiger charge is -2.26. The van der Waals surface area contributed by atoms with E-state index in [9.17, 15) is 5.41 Å². The molecule has 292 valence electrons. The molecule has 0 amide bonds. The number of aromatic nitrogens is 2. The Kier molecular flexibility index (Phi) is 9.49. The smallest absolute Gasteiger partial charge is 0.160 e. The predicted molar refractivity (Wildman–Crippen MR) is 261 cm³/mol. The van der Waals surface area contributed by atoms with Crippen molar-refractivity contribution < 1.29 is 0 Å². The Morgan fingerprint density at radius 1 is 0.452 bits per heavy atom. The highest BCUT2D eigenvalue weighted by Gasteiger charge is 2.24. The van der Waals surface area contributed by atoms with Crippen LogP contribution >= 0.6 is 11.3 Å². The Morgan fingerprint density at radius 2 is 1.03 bits per heavy atom. The van der Waals surface area contributed by atoms with Crippen molar-refractivity contribution in [2.24, 2.45) is 0 Å². The van der Waals surface area contributed by atoms with Crippen molar-refractivity contribution in [2.75, 3.05) is 0 Å². The van der Waals surface area contributed by atoms with Crippen molar-refractivity contribution in [1.82, 2.24) is 15.3 Å². The number of nitrogens with zero attached hydrogens (tertiary/aromatic N) is 2. The zero-order valence-electron chi connectivity index (χ0n) is 33.6. The standard InChI is InChI=1S/C57H38N4S/c58-54(40-20-8-3-9-21-40)53(39-18-6-2-7-19-39)55-45-25-11-10-22-43(45)35-49(59-55)38-30-32-41(33-31-38)57-60-50(37-16-4-1-5-17-37)36-51(61-57)44-24-14-23-42(34-44)46-27-15-28-48-47-26-12-13-29-52(47)62-56(46)48/h1-36,58-59H/b55-53-,58-54?. The highest BCUT2D eigenvalue weighted by molar-refractivity contribution is 7.26. The van der Waals surface area contributed by atoms with Crippen molar-refractivity contribution in [3.63, 3.8) is 0 Å². The van der Waals surface area contributed by atoms with Gasteiger partial charge in [-0.3, -0.25) is 5.41 Å². The number of fused-ring (bicyclic) bond motifs is 4. The van der Waals surface area contributed by atoms with Crippen LogP contribution in [0.1, 0.15) is 27.8 Å². The number of hydrogen-bond donors (Lipinski definition) is 2. The van der Waals surface area contributed by atoms with Gasteiger partial charge in [-0.2, -0.15) is 0 Å². The fraction of sp³-hybridized carbons (Fsp3) is 0. The average molecular weight is 811 g/mol. The lowest BCUT2D eigenvalue weighted by molar-refractivity contribution is 1.18. The van der Waals surface area contributed by atoms with Crippen LogP contribution in [0.4, 0.5) is 0 Å². The van der Waals surface area contributed by atoms with Crippen LogP contribution in [-0.2, 0) is 0 Å². The number of rotatable bonds is 8. The van der Waals surface area contributed by atoms with Crippen molar-refractivity contribution in [2.45, 2.75) is 0 Å². The molecule has 3 heterocycles. The Balaban J connectivity index is 0.987. The zero-order chi connectivity index (χ0) is 41.4. The molecule has 2 aromatic heterocycles. The van der Waals surface area contributed by atoms with Crippen molar-refractivity contribution in [1.29, 1.82) is 5.41 Å². The van der Waals surface area contributed by atoms with Gasteiger partial charge < -0.3 is 5.32 Å². The first-order valence-electron chi connectivity index (χ1n) is 20.7. The first-order chi connectivity index (χ1) is 30.6. The fourth-order valence-electron chi connectivity index (χ4n) is 8.46. The van der Waals surface area contributed by atoms with Crippen LogP contribution in [0.15, 0.2) is 212 Å². The normalized spacial score (nSPS) is 13.0. The molecule has 0 bridgehead atoms. The summed E-state index contributed by atoms with van der Waals surface area (Å²) < 4.78 is 2.58. The Bertz CT molecular complexity index is 3370. The van der Waals surface area contributed by atoms with E-state index in [2.05, 4.69) is 157 Å². The summed E-state index contributed by atoms with van der Waals surface area (Å²) in [5.41, 5.74) is 15.2. The molecule has 0 saturated heterocycles. The molecule has 4 nitrogen and oxygen atoms in total. The van der Waals surface area contributed by atoms with Crippen molar-refractivity contribution in [3.05, 3.63) is 240 Å². The van der Waals surface area contributed by atoms with Crippen molar-refractivity contribution in [3.8, 4) is 45.0 Å². The van der Waals surface area contributed by atoms with Crippen LogP contribution < -0.4 is 5.32 Å². The second-order valence-corrected chi connectivity index (χ2v) is 16.4. The van der Waals surface area contributed by atoms with Gasteiger partial charge in [0.15, 0.2) is 5.82 Å². The third-order valence-corrected chi connectivity index (χ3v) is 12.8. The molecule has 11 rings (SSSR count). The minimum atomic E-state index is 0.458. The highest BCUT2D eigenvalue weighted by atomic mass is 32.1. The third kappa shape index (κ3) is 6.90. The van der Waals surface area contributed by atoms with Gasteiger partial charge in [-0.05, 0) is 52.1 Å². The maximum atomic E-state index is 9.53. The molecule has 2 N–H and O–H groups in total. The van der Waals surface area contributed by atoms with E-state index in [1.807, 2.05) is 78.1 Å². The molecular weight excluding hydrogens is 773 g/mol. The van der Waals surface area contributed by atoms with E-state index < -0.39 is 0 Å². The Morgan fingerprint density at radius 3 is 1.82 bits per heavy atom. The van der Waals surface area contributed by atoms with E-state index in [0.717, 1.165) is 78.4 Å². The van der Waals surface area contributed by atoms with Gasteiger partial charge in [-0.1, -0.05) is 194 Å². The fourth-order valence-corrected chi connectivity index (χ4v) is 9.70. The Hall–Kier alpha value is -7.99. The summed E-state index contributed by atoms with van der Waals surface area (Å²) in [5.74, 6) is 0.657. The maximum Gasteiger partial charge on any atom is 0.160 e. The summed E-state index contributed by atoms with van der Waals surface area (Å²) >= 11 is 1.85. The van der Waals surface area contributed by atoms with Gasteiger partial charge in [0.05, 0.1) is 22.8 Å². The monoisotopic (exact) mass is 810 g/mol. The average Bonchev–Trinajstić information content (AvgIpc) is 3.74. The van der Waals surface area contributed by atoms with E-state index in [-0.39, 0.29) is 0 Å². The van der Waals surface area contributed by atoms with Crippen LogP contribution in [0, 0.1) is 5.41 Å². The van der Waals surface area contributed by atoms with Gasteiger partial charge >= 0.3 is 0 Å². The number of thiophene rings is 1. The molecule has 0 aliphatic carbocycles. The zero-order valence-corrected chi connectivity index (χ0v) is 34.4. The van der Waals surface area contributed by atoms with Crippen LogP contribution in [0.3, 0.4) is 0 Å². The number of hydrogen-bond acceptors (Lipinski definition) is 5. The molecule has 10 aromatic rings. The molecule has 5 heteroatoms. The summed E-state index contributed by atoms with van der Waals surface area (Å²) in [5, 5.41) is 15.9. The molecule has 0 unspecified atom stereocenters. The predicted octanol–water partition coefficient (Wildman–Crippen LogP) is 14.6. The summed E-state index contributed by atoms with van der Waals surface area (Å²) in [7, 11) is 0. The quantitative estimate of drug-likeness (QED) is 0.150. The molecule has 1 aliphatic rings. The molecule has 0 spiro atoms. The number of nitrogens with one attached hydrogen (secondary N) is 2. The summed E-state index contributed by atoms with van der Waals surface area (Å²) in [6.45, 7) is 0. The molecule has 8 aromatic carbocycles. The van der Waals surface area contributed by atoms with Crippen LogP contribution in [-0.4, -0.2) is 15.7 Å². The summed E-state index contributed by atoms with van der Waals surface area (Å²) in [6.07, 6.45) is 2.19. The lowest BCUT2D eigenvalue weighted by Crippen LogP contribution is -2.20. The van der Waals surface area contributed by atoms with Crippen LogP contribution in [0.5, 0.6) is 0 Å².